The van der Waals surface area contributed by atoms with E-state index < -0.39 is 10.0 Å². The van der Waals surface area contributed by atoms with E-state index in [1.165, 1.54) is 16.0 Å². The summed E-state index contributed by atoms with van der Waals surface area (Å²) in [6.07, 6.45) is 3.54. The van der Waals surface area contributed by atoms with Crippen molar-refractivity contribution in [3.05, 3.63) is 33.6 Å². The molecule has 0 N–H and O–H groups in total. The zero-order chi connectivity index (χ0) is 18.8. The molecule has 0 radical (unpaired) electrons. The molecule has 27 heavy (non-hydrogen) atoms. The van der Waals surface area contributed by atoms with Crippen LogP contribution in [-0.4, -0.2) is 60.2 Å². The summed E-state index contributed by atoms with van der Waals surface area (Å²) >= 11 is 1.82. The van der Waals surface area contributed by atoms with Gasteiger partial charge < -0.3 is 4.52 Å². The largest absolute Gasteiger partial charge is 0.339 e. The third kappa shape index (κ3) is 3.24. The first-order chi connectivity index (χ1) is 12.8. The lowest BCUT2D eigenvalue weighted by Gasteiger charge is -2.50. The molecule has 2 aromatic rings. The Labute approximate surface area is 163 Å². The molecule has 1 saturated carbocycles. The van der Waals surface area contributed by atoms with E-state index >= 15 is 0 Å². The zero-order valence-corrected chi connectivity index (χ0v) is 17.2. The summed E-state index contributed by atoms with van der Waals surface area (Å²) < 4.78 is 31.6. The van der Waals surface area contributed by atoms with E-state index in [9.17, 15) is 8.42 Å². The third-order valence-electron chi connectivity index (χ3n) is 6.04. The summed E-state index contributed by atoms with van der Waals surface area (Å²) in [4.78, 5) is 9.71. The van der Waals surface area contributed by atoms with E-state index in [-0.39, 0.29) is 11.3 Å². The molecule has 1 atom stereocenters. The molecule has 2 aromatic heterocycles. The van der Waals surface area contributed by atoms with Crippen molar-refractivity contribution in [2.75, 3.05) is 32.4 Å². The topological polar surface area (TPSA) is 79.5 Å². The van der Waals surface area contributed by atoms with Gasteiger partial charge in [0.25, 0.3) is 0 Å². The Morgan fingerprint density at radius 1 is 1.30 bits per heavy atom. The molecule has 7 nitrogen and oxygen atoms in total. The van der Waals surface area contributed by atoms with Crippen LogP contribution < -0.4 is 0 Å². The Balaban J connectivity index is 1.36. The van der Waals surface area contributed by atoms with Crippen molar-refractivity contribution < 1.29 is 12.9 Å². The molecule has 1 unspecified atom stereocenters. The molecule has 146 valence electrons. The average molecular weight is 409 g/mol. The molecule has 5 rings (SSSR count). The van der Waals surface area contributed by atoms with Gasteiger partial charge in [-0.3, -0.25) is 4.90 Å². The van der Waals surface area contributed by atoms with Crippen LogP contribution in [0.15, 0.2) is 16.7 Å². The van der Waals surface area contributed by atoms with Crippen molar-refractivity contribution in [1.82, 2.24) is 19.3 Å². The summed E-state index contributed by atoms with van der Waals surface area (Å²) in [7, 11) is -3.23. The van der Waals surface area contributed by atoms with Crippen LogP contribution in [0.4, 0.5) is 0 Å². The Morgan fingerprint density at radius 3 is 2.70 bits per heavy atom. The van der Waals surface area contributed by atoms with Crippen molar-refractivity contribution >= 4 is 21.4 Å². The Kier molecular flexibility index (Phi) is 4.02. The van der Waals surface area contributed by atoms with Gasteiger partial charge in [0.2, 0.25) is 15.9 Å². The van der Waals surface area contributed by atoms with Gasteiger partial charge in [-0.15, -0.1) is 11.3 Å². The van der Waals surface area contributed by atoms with Crippen molar-refractivity contribution in [2.45, 2.75) is 38.1 Å². The first kappa shape index (κ1) is 17.8. The summed E-state index contributed by atoms with van der Waals surface area (Å²) in [5.74, 6) is 1.83. The molecule has 2 aliphatic heterocycles. The SMILES string of the molecule is Cc1ccc(CN2CC3(C2)CN(S(C)(=O)=O)CC3c2nc(C3CC3)no2)s1. The summed E-state index contributed by atoms with van der Waals surface area (Å²) in [5.41, 5.74) is -0.122. The monoisotopic (exact) mass is 408 g/mol. The fourth-order valence-electron chi connectivity index (χ4n) is 4.48. The molecule has 4 heterocycles. The summed E-state index contributed by atoms with van der Waals surface area (Å²) in [5, 5.41) is 4.16. The second kappa shape index (κ2) is 6.10. The van der Waals surface area contributed by atoms with Crippen LogP contribution in [0.3, 0.4) is 0 Å². The molecule has 3 aliphatic rings. The smallest absolute Gasteiger partial charge is 0.231 e. The number of aromatic nitrogens is 2. The highest BCUT2D eigenvalue weighted by Gasteiger charge is 2.58. The van der Waals surface area contributed by atoms with Crippen LogP contribution in [0.2, 0.25) is 0 Å². The third-order valence-corrected chi connectivity index (χ3v) is 8.24. The maximum atomic E-state index is 12.2. The van der Waals surface area contributed by atoms with Crippen molar-refractivity contribution in [3.8, 4) is 0 Å². The van der Waals surface area contributed by atoms with E-state index in [0.29, 0.717) is 24.9 Å². The number of hydrogen-bond acceptors (Lipinski definition) is 7. The quantitative estimate of drug-likeness (QED) is 0.754. The molecule has 1 spiro atoms. The molecule has 9 heteroatoms. The van der Waals surface area contributed by atoms with Gasteiger partial charge in [-0.25, -0.2) is 12.7 Å². The Hall–Kier alpha value is -1.29. The first-order valence-corrected chi connectivity index (χ1v) is 12.1. The molecule has 3 fully saturated rings. The average Bonchev–Trinajstić information content (AvgIpc) is 2.99. The molecular formula is C18H24N4O3S2. The Bertz CT molecular complexity index is 957. The van der Waals surface area contributed by atoms with Crippen LogP contribution in [0, 0.1) is 12.3 Å². The summed E-state index contributed by atoms with van der Waals surface area (Å²) in [6, 6.07) is 4.33. The standard InChI is InChI=1S/C18H24N4O3S2/c1-12-3-6-14(26-12)7-21-9-18(10-21)11-22(27(2,23)24)8-15(18)17-19-16(20-25-17)13-4-5-13/h3,6,13,15H,4-5,7-11H2,1-2H3. The number of thiophene rings is 1. The van der Waals surface area contributed by atoms with Crippen LogP contribution >= 0.6 is 11.3 Å². The van der Waals surface area contributed by atoms with Gasteiger partial charge in [0.15, 0.2) is 5.82 Å². The van der Waals surface area contributed by atoms with Gasteiger partial charge in [0.05, 0.1) is 12.2 Å². The van der Waals surface area contributed by atoms with Crippen molar-refractivity contribution in [1.29, 1.82) is 0 Å². The fraction of sp³-hybridized carbons (Fsp3) is 0.667. The maximum absolute atomic E-state index is 12.2. The highest BCUT2D eigenvalue weighted by molar-refractivity contribution is 7.88. The number of rotatable bonds is 5. The number of sulfonamides is 1. The minimum absolute atomic E-state index is 0.0199. The lowest BCUT2D eigenvalue weighted by atomic mass is 9.71. The molecule has 0 bridgehead atoms. The van der Waals surface area contributed by atoms with Crippen LogP contribution in [0.1, 0.15) is 46.1 Å². The van der Waals surface area contributed by atoms with Gasteiger partial charge in [0, 0.05) is 53.8 Å². The second-order valence-electron chi connectivity index (χ2n) is 8.39. The number of hydrogen-bond donors (Lipinski definition) is 0. The molecule has 0 amide bonds. The normalized spacial score (nSPS) is 25.9. The van der Waals surface area contributed by atoms with Gasteiger partial charge >= 0.3 is 0 Å². The van der Waals surface area contributed by atoms with E-state index in [0.717, 1.165) is 38.3 Å². The predicted molar refractivity (Wildman–Crippen MR) is 102 cm³/mol. The van der Waals surface area contributed by atoms with Gasteiger partial charge in [-0.2, -0.15) is 4.98 Å². The van der Waals surface area contributed by atoms with Crippen LogP contribution in [0.25, 0.3) is 0 Å². The number of aryl methyl sites for hydroxylation is 1. The van der Waals surface area contributed by atoms with Crippen molar-refractivity contribution in [3.63, 3.8) is 0 Å². The second-order valence-corrected chi connectivity index (χ2v) is 11.7. The number of likely N-dealkylation sites (tertiary alicyclic amines) is 1. The number of nitrogens with zero attached hydrogens (tertiary/aromatic N) is 4. The van der Waals surface area contributed by atoms with Gasteiger partial charge in [-0.1, -0.05) is 5.16 Å². The van der Waals surface area contributed by atoms with Crippen molar-refractivity contribution in [2.24, 2.45) is 5.41 Å². The lowest BCUT2D eigenvalue weighted by Crippen LogP contribution is -2.59. The minimum atomic E-state index is -3.23. The highest BCUT2D eigenvalue weighted by Crippen LogP contribution is 2.50. The van der Waals surface area contributed by atoms with E-state index in [1.54, 1.807) is 4.31 Å². The van der Waals surface area contributed by atoms with Crippen LogP contribution in [0.5, 0.6) is 0 Å². The minimum Gasteiger partial charge on any atom is -0.339 e. The fourth-order valence-corrected chi connectivity index (χ4v) is 6.32. The van der Waals surface area contributed by atoms with Crippen LogP contribution in [-0.2, 0) is 16.6 Å². The van der Waals surface area contributed by atoms with Gasteiger partial charge in [0.1, 0.15) is 0 Å². The first-order valence-electron chi connectivity index (χ1n) is 9.39. The predicted octanol–water partition coefficient (Wildman–Crippen LogP) is 2.18. The zero-order valence-electron chi connectivity index (χ0n) is 15.6. The molecule has 2 saturated heterocycles. The van der Waals surface area contributed by atoms with E-state index in [4.69, 9.17) is 4.52 Å². The summed E-state index contributed by atoms with van der Waals surface area (Å²) in [6.45, 7) is 5.75. The van der Waals surface area contributed by atoms with E-state index in [2.05, 4.69) is 34.1 Å². The molecule has 0 aromatic carbocycles. The van der Waals surface area contributed by atoms with E-state index in [1.807, 2.05) is 11.3 Å². The molecule has 1 aliphatic carbocycles. The lowest BCUT2D eigenvalue weighted by molar-refractivity contribution is -0.0110. The maximum Gasteiger partial charge on any atom is 0.231 e. The van der Waals surface area contributed by atoms with Gasteiger partial charge in [-0.05, 0) is 31.9 Å². The molecular weight excluding hydrogens is 384 g/mol. The highest BCUT2D eigenvalue weighted by atomic mass is 32.2. The Morgan fingerprint density at radius 2 is 2.07 bits per heavy atom.